The van der Waals surface area contributed by atoms with Gasteiger partial charge in [-0.1, -0.05) is 30.3 Å². The number of nitrogens with zero attached hydrogens (tertiary/aromatic N) is 4. The number of ether oxygens (including phenoxy) is 3. The second-order valence-electron chi connectivity index (χ2n) is 7.73. The van der Waals surface area contributed by atoms with Crippen LogP contribution in [0.3, 0.4) is 0 Å². The molecule has 2 aliphatic heterocycles. The van der Waals surface area contributed by atoms with Crippen LogP contribution in [0.2, 0.25) is 0 Å². The van der Waals surface area contributed by atoms with Crippen molar-refractivity contribution in [1.82, 2.24) is 19.7 Å². The molecule has 13 heteroatoms. The molecule has 4 atom stereocenters. The maximum Gasteiger partial charge on any atom is 0.264 e. The van der Waals surface area contributed by atoms with Crippen molar-refractivity contribution in [3.63, 3.8) is 0 Å². The number of nitrogen functional groups attached to an aromatic ring is 1. The third-order valence-corrected chi connectivity index (χ3v) is 6.58. The summed E-state index contributed by atoms with van der Waals surface area (Å²) in [6.45, 7) is 0.150. The van der Waals surface area contributed by atoms with Crippen molar-refractivity contribution >= 4 is 42.9 Å². The largest absolute Gasteiger partial charge is 0.383 e. The molecule has 0 amide bonds. The molecule has 2 saturated heterocycles. The Hall–Kier alpha value is -2.16. The highest BCUT2D eigenvalue weighted by Gasteiger charge is 2.64. The summed E-state index contributed by atoms with van der Waals surface area (Å²) in [5, 5.41) is 5.02. The zero-order valence-electron chi connectivity index (χ0n) is 16.9. The summed E-state index contributed by atoms with van der Waals surface area (Å²) in [7, 11) is -3.71. The Morgan fingerprint density at radius 3 is 2.84 bits per heavy atom. The van der Waals surface area contributed by atoms with Gasteiger partial charge in [-0.05, 0) is 21.5 Å². The van der Waals surface area contributed by atoms with Crippen LogP contribution in [0.25, 0.3) is 11.0 Å². The first-order chi connectivity index (χ1) is 15.3. The first-order valence-corrected chi connectivity index (χ1v) is 12.3. The van der Waals surface area contributed by atoms with E-state index in [2.05, 4.69) is 31.0 Å². The van der Waals surface area contributed by atoms with Crippen molar-refractivity contribution in [2.24, 2.45) is 0 Å². The van der Waals surface area contributed by atoms with Crippen LogP contribution in [0.4, 0.5) is 5.82 Å². The average molecular weight is 526 g/mol. The SMILES string of the molecule is CS(=O)(=O)OC[C@]12COC(C1OCc1ccccc1)[C@H](n1nc(Br)c3c(N)ncnc31)O2. The van der Waals surface area contributed by atoms with Crippen LogP contribution in [0.15, 0.2) is 41.3 Å². The number of hydrogen-bond donors (Lipinski definition) is 1. The second kappa shape index (κ2) is 8.01. The third kappa shape index (κ3) is 3.78. The van der Waals surface area contributed by atoms with Crippen molar-refractivity contribution in [2.45, 2.75) is 30.6 Å². The molecule has 4 heterocycles. The monoisotopic (exact) mass is 525 g/mol. The van der Waals surface area contributed by atoms with Gasteiger partial charge in [-0.3, -0.25) is 4.18 Å². The van der Waals surface area contributed by atoms with Crippen LogP contribution in [0.1, 0.15) is 11.8 Å². The van der Waals surface area contributed by atoms with E-state index in [0.717, 1.165) is 11.8 Å². The standard InChI is InChI=1S/C19H20BrN5O6S/c1-32(26,27)30-9-19-8-29-13(14(19)28-7-11-5-3-2-4-6-11)18(31-19)25-17-12(15(20)24-25)16(21)22-10-23-17/h2-6,10,13-14,18H,7-9H2,1H3,(H2,21,22,23)/t13?,14?,18-,19-/m1/s1. The van der Waals surface area contributed by atoms with Crippen molar-refractivity contribution in [1.29, 1.82) is 0 Å². The fraction of sp³-hybridized carbons (Fsp3) is 0.421. The van der Waals surface area contributed by atoms with Crippen molar-refractivity contribution in [2.75, 3.05) is 25.2 Å². The van der Waals surface area contributed by atoms with Gasteiger partial charge in [-0.2, -0.15) is 13.5 Å². The number of anilines is 1. The predicted octanol–water partition coefficient (Wildman–Crippen LogP) is 1.40. The molecule has 5 rings (SSSR count). The van der Waals surface area contributed by atoms with E-state index in [-0.39, 0.29) is 19.0 Å². The van der Waals surface area contributed by atoms with Gasteiger partial charge in [0.2, 0.25) is 0 Å². The number of halogens is 1. The molecule has 2 N–H and O–H groups in total. The Morgan fingerprint density at radius 1 is 1.31 bits per heavy atom. The molecule has 32 heavy (non-hydrogen) atoms. The molecular weight excluding hydrogens is 506 g/mol. The number of aromatic nitrogens is 4. The van der Waals surface area contributed by atoms with E-state index in [1.165, 1.54) is 6.33 Å². The first-order valence-electron chi connectivity index (χ1n) is 9.71. The highest BCUT2D eigenvalue weighted by molar-refractivity contribution is 9.10. The highest BCUT2D eigenvalue weighted by atomic mass is 79.9. The van der Waals surface area contributed by atoms with Crippen LogP contribution in [-0.4, -0.2) is 65.4 Å². The van der Waals surface area contributed by atoms with Crippen LogP contribution in [0, 0.1) is 0 Å². The number of rotatable bonds is 7. The minimum absolute atomic E-state index is 0.112. The minimum Gasteiger partial charge on any atom is -0.383 e. The molecule has 0 spiro atoms. The van der Waals surface area contributed by atoms with Gasteiger partial charge in [0.05, 0.1) is 24.9 Å². The Labute approximate surface area is 192 Å². The van der Waals surface area contributed by atoms with Gasteiger partial charge in [-0.15, -0.1) is 0 Å². The summed E-state index contributed by atoms with van der Waals surface area (Å²) in [4.78, 5) is 8.30. The normalized spacial score (nSPS) is 27.4. The van der Waals surface area contributed by atoms with Gasteiger partial charge in [0.15, 0.2) is 11.9 Å². The molecular formula is C19H20BrN5O6S. The Morgan fingerprint density at radius 2 is 2.09 bits per heavy atom. The van der Waals surface area contributed by atoms with E-state index in [1.807, 2.05) is 30.3 Å². The molecule has 170 valence electrons. The first kappa shape index (κ1) is 21.7. The number of hydrogen-bond acceptors (Lipinski definition) is 10. The van der Waals surface area contributed by atoms with Gasteiger partial charge in [0, 0.05) is 0 Å². The summed E-state index contributed by atoms with van der Waals surface area (Å²) in [6, 6.07) is 9.62. The quantitative estimate of drug-likeness (QED) is 0.449. The smallest absolute Gasteiger partial charge is 0.264 e. The van der Waals surface area contributed by atoms with Gasteiger partial charge in [0.25, 0.3) is 10.1 Å². The Kier molecular flexibility index (Phi) is 5.42. The molecule has 0 radical (unpaired) electrons. The summed E-state index contributed by atoms with van der Waals surface area (Å²) < 4.78 is 49.1. The van der Waals surface area contributed by atoms with Gasteiger partial charge < -0.3 is 19.9 Å². The Bertz CT molecular complexity index is 1260. The van der Waals surface area contributed by atoms with Crippen LogP contribution in [0.5, 0.6) is 0 Å². The lowest BCUT2D eigenvalue weighted by molar-refractivity contribution is -0.186. The summed E-state index contributed by atoms with van der Waals surface area (Å²) in [6.07, 6.45) is 0.402. The molecule has 2 unspecified atom stereocenters. The third-order valence-electron chi connectivity index (χ3n) is 5.48. The van der Waals surface area contributed by atoms with E-state index >= 15 is 0 Å². The summed E-state index contributed by atoms with van der Waals surface area (Å²) >= 11 is 3.39. The van der Waals surface area contributed by atoms with E-state index in [9.17, 15) is 8.42 Å². The van der Waals surface area contributed by atoms with Gasteiger partial charge >= 0.3 is 0 Å². The van der Waals surface area contributed by atoms with E-state index in [4.69, 9.17) is 24.1 Å². The molecule has 2 aliphatic rings. The maximum atomic E-state index is 11.7. The molecule has 0 saturated carbocycles. The van der Waals surface area contributed by atoms with Gasteiger partial charge in [-0.25, -0.2) is 14.6 Å². The van der Waals surface area contributed by atoms with Crippen LogP contribution in [-0.2, 0) is 35.1 Å². The molecule has 2 bridgehead atoms. The fourth-order valence-electron chi connectivity index (χ4n) is 4.04. The fourth-order valence-corrected chi connectivity index (χ4v) is 5.00. The van der Waals surface area contributed by atoms with Crippen LogP contribution >= 0.6 is 15.9 Å². The minimum atomic E-state index is -3.71. The van der Waals surface area contributed by atoms with E-state index in [0.29, 0.717) is 22.2 Å². The lowest BCUT2D eigenvalue weighted by atomic mass is 10.00. The lowest BCUT2D eigenvalue weighted by Crippen LogP contribution is -2.46. The average Bonchev–Trinajstić information content (AvgIpc) is 3.39. The molecule has 3 aromatic rings. The molecule has 0 aliphatic carbocycles. The predicted molar refractivity (Wildman–Crippen MR) is 116 cm³/mol. The van der Waals surface area contributed by atoms with E-state index in [1.54, 1.807) is 4.68 Å². The van der Waals surface area contributed by atoms with E-state index < -0.39 is 34.2 Å². The van der Waals surface area contributed by atoms with Crippen molar-refractivity contribution in [3.8, 4) is 0 Å². The topological polar surface area (TPSA) is 141 Å². The molecule has 11 nitrogen and oxygen atoms in total. The lowest BCUT2D eigenvalue weighted by Gasteiger charge is -2.30. The van der Waals surface area contributed by atoms with Crippen molar-refractivity contribution in [3.05, 3.63) is 46.8 Å². The molecule has 2 aromatic heterocycles. The number of nitrogens with two attached hydrogens (primary N) is 1. The zero-order valence-corrected chi connectivity index (χ0v) is 19.3. The molecule has 2 fully saturated rings. The second-order valence-corrected chi connectivity index (χ2v) is 10.1. The van der Waals surface area contributed by atoms with Gasteiger partial charge in [0.1, 0.15) is 41.2 Å². The highest BCUT2D eigenvalue weighted by Crippen LogP contribution is 2.48. The zero-order chi connectivity index (χ0) is 22.5. The Balaban J connectivity index is 1.49. The summed E-state index contributed by atoms with van der Waals surface area (Å²) in [5.74, 6) is 0.268. The van der Waals surface area contributed by atoms with Crippen LogP contribution < -0.4 is 5.73 Å². The summed E-state index contributed by atoms with van der Waals surface area (Å²) in [5.41, 5.74) is 6.26. The maximum absolute atomic E-state index is 11.7. The van der Waals surface area contributed by atoms with Crippen molar-refractivity contribution < 1.29 is 26.8 Å². The number of benzene rings is 1. The molecule has 1 aromatic carbocycles. The number of fused-ring (bicyclic) bond motifs is 3.